The molecule has 0 bridgehead atoms. The number of aryl methyl sites for hydroxylation is 1. The molecule has 0 saturated heterocycles. The monoisotopic (exact) mass is 438 g/mol. The van der Waals surface area contributed by atoms with Crippen LogP contribution in [0.15, 0.2) is 54.7 Å². The number of nitrogens with one attached hydrogen (secondary N) is 3. The third-order valence-electron chi connectivity index (χ3n) is 4.80. The normalized spacial score (nSPS) is 11.7. The lowest BCUT2D eigenvalue weighted by molar-refractivity contribution is -0.139. The second kappa shape index (κ2) is 10.7. The maximum absolute atomic E-state index is 13.0. The van der Waals surface area contributed by atoms with Gasteiger partial charge in [0.2, 0.25) is 0 Å². The zero-order valence-corrected chi connectivity index (χ0v) is 18.3. The van der Waals surface area contributed by atoms with Crippen molar-refractivity contribution in [1.29, 1.82) is 0 Å². The third-order valence-corrected chi connectivity index (χ3v) is 5.45. The lowest BCUT2D eigenvalue weighted by Crippen LogP contribution is -2.41. The maximum atomic E-state index is 13.0. The third kappa shape index (κ3) is 6.11. The van der Waals surface area contributed by atoms with Crippen LogP contribution in [0.3, 0.4) is 0 Å². The lowest BCUT2D eigenvalue weighted by Gasteiger charge is -2.17. The van der Waals surface area contributed by atoms with E-state index in [0.29, 0.717) is 24.3 Å². The lowest BCUT2D eigenvalue weighted by atomic mass is 9.98. The summed E-state index contributed by atoms with van der Waals surface area (Å²) in [6.07, 6.45) is 4.06. The number of anilines is 1. The molecule has 8 heteroatoms. The molecule has 0 aliphatic carbocycles. The van der Waals surface area contributed by atoms with Crippen LogP contribution < -0.4 is 10.6 Å². The SMILES string of the molecule is CSCC[C@H](NC(=O)c1ccc(NCc2cnc(C)[nH]2)cc1-c1ccccc1)C(=O)O. The van der Waals surface area contributed by atoms with Crippen LogP contribution >= 0.6 is 11.8 Å². The van der Waals surface area contributed by atoms with Crippen molar-refractivity contribution in [2.75, 3.05) is 17.3 Å². The van der Waals surface area contributed by atoms with Crippen LogP contribution in [0.5, 0.6) is 0 Å². The summed E-state index contributed by atoms with van der Waals surface area (Å²) in [6.45, 7) is 2.46. The highest BCUT2D eigenvalue weighted by Gasteiger charge is 2.22. The Hall–Kier alpha value is -3.26. The Balaban J connectivity index is 1.86. The van der Waals surface area contributed by atoms with Crippen LogP contribution in [0.1, 0.15) is 28.3 Å². The number of carboxylic acids is 1. The molecule has 1 amide bonds. The molecule has 4 N–H and O–H groups in total. The standard InChI is InChI=1S/C23H26N4O3S/c1-15-24-13-18(26-15)14-25-17-8-9-19(20(12-17)16-6-4-3-5-7-16)22(28)27-21(23(29)30)10-11-31-2/h3-9,12-13,21,25H,10-11,14H2,1-2H3,(H,24,26)(H,27,28)(H,29,30)/t21-/m0/s1. The van der Waals surface area contributed by atoms with Crippen LogP contribution in [0.25, 0.3) is 11.1 Å². The number of benzene rings is 2. The summed E-state index contributed by atoms with van der Waals surface area (Å²) in [5.74, 6) is 0.0711. The summed E-state index contributed by atoms with van der Waals surface area (Å²) in [5, 5.41) is 15.5. The second-order valence-corrected chi connectivity index (χ2v) is 8.11. The number of carboxylic acid groups (broad SMARTS) is 1. The van der Waals surface area contributed by atoms with Crippen LogP contribution in [-0.4, -0.2) is 45.0 Å². The molecule has 3 aromatic rings. The van der Waals surface area contributed by atoms with Gasteiger partial charge in [-0.05, 0) is 54.7 Å². The van der Waals surface area contributed by atoms with Gasteiger partial charge in [-0.2, -0.15) is 11.8 Å². The number of nitrogens with zero attached hydrogens (tertiary/aromatic N) is 1. The number of hydrogen-bond donors (Lipinski definition) is 4. The molecule has 0 radical (unpaired) electrons. The van der Waals surface area contributed by atoms with E-state index in [4.69, 9.17) is 0 Å². The number of thioether (sulfide) groups is 1. The molecular formula is C23H26N4O3S. The zero-order valence-electron chi connectivity index (χ0n) is 17.5. The van der Waals surface area contributed by atoms with E-state index in [-0.39, 0.29) is 0 Å². The highest BCUT2D eigenvalue weighted by molar-refractivity contribution is 7.98. The number of aliphatic carboxylic acids is 1. The largest absolute Gasteiger partial charge is 0.480 e. The Morgan fingerprint density at radius 3 is 2.61 bits per heavy atom. The van der Waals surface area contributed by atoms with Gasteiger partial charge in [0, 0.05) is 11.3 Å². The van der Waals surface area contributed by atoms with Gasteiger partial charge >= 0.3 is 5.97 Å². The van der Waals surface area contributed by atoms with Crippen molar-refractivity contribution in [1.82, 2.24) is 15.3 Å². The van der Waals surface area contributed by atoms with Crippen LogP contribution in [0, 0.1) is 6.92 Å². The molecular weight excluding hydrogens is 412 g/mol. The van der Waals surface area contributed by atoms with Gasteiger partial charge in [-0.3, -0.25) is 4.79 Å². The minimum absolute atomic E-state index is 0.367. The molecule has 0 spiro atoms. The average molecular weight is 439 g/mol. The first-order valence-corrected chi connectivity index (χ1v) is 11.3. The highest BCUT2D eigenvalue weighted by Crippen LogP contribution is 2.27. The number of hydrogen-bond acceptors (Lipinski definition) is 5. The molecule has 7 nitrogen and oxygen atoms in total. The predicted octanol–water partition coefficient (Wildman–Crippen LogP) is 3.93. The first-order chi connectivity index (χ1) is 15.0. The van der Waals surface area contributed by atoms with Gasteiger partial charge in [0.15, 0.2) is 0 Å². The van der Waals surface area contributed by atoms with Crippen molar-refractivity contribution < 1.29 is 14.7 Å². The van der Waals surface area contributed by atoms with E-state index in [0.717, 1.165) is 28.3 Å². The van der Waals surface area contributed by atoms with Crippen molar-refractivity contribution in [3.8, 4) is 11.1 Å². The van der Waals surface area contributed by atoms with Crippen LogP contribution in [0.4, 0.5) is 5.69 Å². The second-order valence-electron chi connectivity index (χ2n) is 7.12. The molecule has 0 unspecified atom stereocenters. The van der Waals surface area contributed by atoms with Crippen molar-refractivity contribution in [3.05, 3.63) is 71.8 Å². The minimum Gasteiger partial charge on any atom is -0.480 e. The van der Waals surface area contributed by atoms with Gasteiger partial charge in [0.05, 0.1) is 18.4 Å². The van der Waals surface area contributed by atoms with E-state index in [9.17, 15) is 14.7 Å². The van der Waals surface area contributed by atoms with Gasteiger partial charge in [0.25, 0.3) is 5.91 Å². The first-order valence-electron chi connectivity index (χ1n) is 9.94. The van der Waals surface area contributed by atoms with Crippen LogP contribution in [0.2, 0.25) is 0 Å². The van der Waals surface area contributed by atoms with E-state index in [1.54, 1.807) is 24.0 Å². The molecule has 0 saturated carbocycles. The molecule has 31 heavy (non-hydrogen) atoms. The Morgan fingerprint density at radius 2 is 1.97 bits per heavy atom. The fourth-order valence-electron chi connectivity index (χ4n) is 3.20. The molecule has 0 aliphatic rings. The maximum Gasteiger partial charge on any atom is 0.326 e. The Labute approximate surface area is 185 Å². The summed E-state index contributed by atoms with van der Waals surface area (Å²) in [7, 11) is 0. The quantitative estimate of drug-likeness (QED) is 0.382. The number of H-pyrrole nitrogens is 1. The van der Waals surface area contributed by atoms with Crippen LogP contribution in [-0.2, 0) is 11.3 Å². The van der Waals surface area contributed by atoms with E-state index in [1.165, 1.54) is 0 Å². The molecule has 162 valence electrons. The fourth-order valence-corrected chi connectivity index (χ4v) is 3.67. The Kier molecular flexibility index (Phi) is 7.72. The molecule has 1 aromatic heterocycles. The summed E-state index contributed by atoms with van der Waals surface area (Å²) < 4.78 is 0. The Bertz CT molecular complexity index is 1040. The summed E-state index contributed by atoms with van der Waals surface area (Å²) in [5.41, 5.74) is 3.85. The van der Waals surface area contributed by atoms with E-state index < -0.39 is 17.9 Å². The first kappa shape index (κ1) is 22.4. The van der Waals surface area contributed by atoms with Gasteiger partial charge in [-0.25, -0.2) is 9.78 Å². The molecule has 1 heterocycles. The summed E-state index contributed by atoms with van der Waals surface area (Å²) in [4.78, 5) is 31.9. The van der Waals surface area contributed by atoms with Crippen molar-refractivity contribution in [2.45, 2.75) is 25.9 Å². The summed E-state index contributed by atoms with van der Waals surface area (Å²) in [6, 6.07) is 14.1. The topological polar surface area (TPSA) is 107 Å². The number of rotatable bonds is 10. The Morgan fingerprint density at radius 1 is 1.19 bits per heavy atom. The predicted molar refractivity (Wildman–Crippen MR) is 124 cm³/mol. The fraction of sp³-hybridized carbons (Fsp3) is 0.261. The van der Waals surface area contributed by atoms with Gasteiger partial charge in [0.1, 0.15) is 11.9 Å². The number of amides is 1. The number of aromatic nitrogens is 2. The highest BCUT2D eigenvalue weighted by atomic mass is 32.2. The van der Waals surface area contributed by atoms with E-state index >= 15 is 0 Å². The summed E-state index contributed by atoms with van der Waals surface area (Å²) >= 11 is 1.55. The molecule has 0 aliphatic heterocycles. The number of carbonyl (C=O) groups is 2. The molecule has 3 rings (SSSR count). The average Bonchev–Trinajstić information content (AvgIpc) is 3.20. The molecule has 2 aromatic carbocycles. The van der Waals surface area contributed by atoms with E-state index in [2.05, 4.69) is 20.6 Å². The number of imidazole rings is 1. The number of aromatic amines is 1. The van der Waals surface area contributed by atoms with E-state index in [1.807, 2.05) is 55.6 Å². The van der Waals surface area contributed by atoms with Crippen molar-refractivity contribution >= 4 is 29.3 Å². The van der Waals surface area contributed by atoms with Crippen molar-refractivity contribution in [2.24, 2.45) is 0 Å². The van der Waals surface area contributed by atoms with Crippen molar-refractivity contribution in [3.63, 3.8) is 0 Å². The smallest absolute Gasteiger partial charge is 0.326 e. The molecule has 1 atom stereocenters. The number of carbonyl (C=O) groups excluding carboxylic acids is 1. The van der Waals surface area contributed by atoms with Gasteiger partial charge in [-0.1, -0.05) is 30.3 Å². The van der Waals surface area contributed by atoms with Gasteiger partial charge in [-0.15, -0.1) is 0 Å². The van der Waals surface area contributed by atoms with Gasteiger partial charge < -0.3 is 20.7 Å². The molecule has 0 fully saturated rings. The zero-order chi connectivity index (χ0) is 22.2. The minimum atomic E-state index is -1.03.